The van der Waals surface area contributed by atoms with Crippen LogP contribution in [-0.2, 0) is 0 Å². The van der Waals surface area contributed by atoms with Gasteiger partial charge in [-0.05, 0) is 0 Å². The first-order valence-corrected chi connectivity index (χ1v) is 8.83. The summed E-state index contributed by atoms with van der Waals surface area (Å²) in [6.45, 7) is 4.97. The zero-order valence-electron chi connectivity index (χ0n) is 8.24. The minimum atomic E-state index is -0.678. The van der Waals surface area contributed by atoms with Crippen molar-refractivity contribution in [3.8, 4) is 0 Å². The van der Waals surface area contributed by atoms with Gasteiger partial charge in [0.25, 0.3) is 0 Å². The van der Waals surface area contributed by atoms with Crippen molar-refractivity contribution in [2.45, 2.75) is 36.5 Å². The third-order valence-corrected chi connectivity index (χ3v) is 4.91. The van der Waals surface area contributed by atoms with Gasteiger partial charge in [0.2, 0.25) is 0 Å². The smallest absolute Gasteiger partial charge is 0.147 e. The molecule has 0 heterocycles. The average molecular weight is 253 g/mol. The summed E-state index contributed by atoms with van der Waals surface area (Å²) < 4.78 is 0. The molecule has 0 aliphatic carbocycles. The SMILES string of the molecule is CCN=C=NC(CC)[As](C)C.Cl. The van der Waals surface area contributed by atoms with E-state index in [4.69, 9.17) is 0 Å². The first-order chi connectivity index (χ1) is 5.22. The second-order valence-electron chi connectivity index (χ2n) is 2.56. The Kier molecular flexibility index (Phi) is 11.4. The van der Waals surface area contributed by atoms with Gasteiger partial charge in [0.15, 0.2) is 0 Å². The molecule has 0 saturated heterocycles. The van der Waals surface area contributed by atoms with E-state index in [9.17, 15) is 0 Å². The molecule has 0 rings (SSSR count). The topological polar surface area (TPSA) is 24.7 Å². The average Bonchev–Trinajstić information content (AvgIpc) is 1.97. The zero-order chi connectivity index (χ0) is 8.69. The molecule has 0 bridgehead atoms. The number of nitrogens with zero attached hydrogens (tertiary/aromatic N) is 2. The van der Waals surface area contributed by atoms with Crippen LogP contribution >= 0.6 is 12.4 Å². The van der Waals surface area contributed by atoms with Crippen LogP contribution in [0.2, 0.25) is 11.4 Å². The first kappa shape index (κ1) is 14.7. The maximum absolute atomic E-state index is 4.28. The van der Waals surface area contributed by atoms with Gasteiger partial charge in [-0.2, -0.15) is 0 Å². The molecule has 0 spiro atoms. The monoisotopic (exact) mass is 252 g/mol. The van der Waals surface area contributed by atoms with E-state index in [1.807, 2.05) is 6.92 Å². The summed E-state index contributed by atoms with van der Waals surface area (Å²) in [4.78, 5) is 8.77. The quantitative estimate of drug-likeness (QED) is 0.543. The van der Waals surface area contributed by atoms with Gasteiger partial charge in [0.05, 0.1) is 0 Å². The van der Waals surface area contributed by atoms with E-state index in [1.54, 1.807) is 0 Å². The van der Waals surface area contributed by atoms with Gasteiger partial charge in [0.1, 0.15) is 0 Å². The maximum atomic E-state index is 4.28. The maximum Gasteiger partial charge on any atom is -0.147 e. The van der Waals surface area contributed by atoms with Crippen LogP contribution in [0.1, 0.15) is 20.3 Å². The van der Waals surface area contributed by atoms with E-state index in [0.29, 0.717) is 4.83 Å². The number of halogens is 1. The Hall–Kier alpha value is 0.228. The molecule has 0 N–H and O–H groups in total. The predicted molar refractivity (Wildman–Crippen MR) is 59.2 cm³/mol. The molecule has 2 nitrogen and oxygen atoms in total. The van der Waals surface area contributed by atoms with E-state index in [-0.39, 0.29) is 12.4 Å². The Morgan fingerprint density at radius 3 is 2.25 bits per heavy atom. The van der Waals surface area contributed by atoms with Crippen LogP contribution in [0, 0.1) is 0 Å². The third-order valence-electron chi connectivity index (χ3n) is 1.40. The van der Waals surface area contributed by atoms with Gasteiger partial charge >= 0.3 is 73.7 Å². The third kappa shape index (κ3) is 6.91. The molecule has 12 heavy (non-hydrogen) atoms. The minimum Gasteiger partial charge on any atom is -0.147 e. The summed E-state index contributed by atoms with van der Waals surface area (Å²) in [6, 6.07) is 2.75. The zero-order valence-corrected chi connectivity index (χ0v) is 10.9. The Morgan fingerprint density at radius 1 is 1.33 bits per heavy atom. The first-order valence-electron chi connectivity index (χ1n) is 4.00. The molecule has 0 aromatic carbocycles. The molecule has 0 amide bonds. The molecular formula is C8H18AsClN2. The normalized spacial score (nSPS) is 11.4. The van der Waals surface area contributed by atoms with Gasteiger partial charge < -0.3 is 0 Å². The second-order valence-corrected chi connectivity index (χ2v) is 7.85. The van der Waals surface area contributed by atoms with Gasteiger partial charge in [-0.25, -0.2) is 0 Å². The van der Waals surface area contributed by atoms with Crippen molar-refractivity contribution >= 4 is 33.1 Å². The molecule has 0 fully saturated rings. The summed E-state index contributed by atoms with van der Waals surface area (Å²) in [5.74, 6) is 0. The van der Waals surface area contributed by atoms with Crippen LogP contribution in [0.3, 0.4) is 0 Å². The summed E-state index contributed by atoms with van der Waals surface area (Å²) >= 11 is -0.678. The van der Waals surface area contributed by atoms with Crippen LogP contribution in [0.4, 0.5) is 0 Å². The fourth-order valence-corrected chi connectivity index (χ4v) is 2.88. The van der Waals surface area contributed by atoms with Gasteiger partial charge in [-0.3, -0.25) is 0 Å². The summed E-state index contributed by atoms with van der Waals surface area (Å²) in [6.07, 6.45) is 1.14. The van der Waals surface area contributed by atoms with Gasteiger partial charge in [0, 0.05) is 0 Å². The van der Waals surface area contributed by atoms with Crippen molar-refractivity contribution in [3.05, 3.63) is 0 Å². The van der Waals surface area contributed by atoms with E-state index in [1.165, 1.54) is 0 Å². The molecule has 0 aliphatic rings. The van der Waals surface area contributed by atoms with Crippen LogP contribution in [0.5, 0.6) is 0 Å². The Labute approximate surface area is 86.2 Å². The van der Waals surface area contributed by atoms with Crippen molar-refractivity contribution in [3.63, 3.8) is 0 Å². The Morgan fingerprint density at radius 2 is 1.92 bits per heavy atom. The molecule has 0 radical (unpaired) electrons. The summed E-state index contributed by atoms with van der Waals surface area (Å²) in [5.41, 5.74) is 4.64. The van der Waals surface area contributed by atoms with Gasteiger partial charge in [-0.1, -0.05) is 0 Å². The van der Waals surface area contributed by atoms with Crippen LogP contribution in [-0.4, -0.2) is 32.0 Å². The van der Waals surface area contributed by atoms with Crippen molar-refractivity contribution in [1.82, 2.24) is 0 Å². The van der Waals surface area contributed by atoms with Crippen molar-refractivity contribution in [2.24, 2.45) is 9.98 Å². The molecule has 0 aliphatic heterocycles. The fraction of sp³-hybridized carbons (Fsp3) is 0.875. The Bertz CT molecular complexity index is 153. The molecule has 4 heteroatoms. The van der Waals surface area contributed by atoms with Crippen molar-refractivity contribution in [1.29, 1.82) is 0 Å². The summed E-state index contributed by atoms with van der Waals surface area (Å²) in [7, 11) is 0. The number of hydrogen-bond acceptors (Lipinski definition) is 2. The van der Waals surface area contributed by atoms with Crippen LogP contribution in [0.15, 0.2) is 9.98 Å². The predicted octanol–water partition coefficient (Wildman–Crippen LogP) is 2.67. The Balaban J connectivity index is 0. The summed E-state index contributed by atoms with van der Waals surface area (Å²) in [5, 5.41) is 0. The van der Waals surface area contributed by atoms with Gasteiger partial charge in [-0.15, -0.1) is 12.4 Å². The van der Waals surface area contributed by atoms with Crippen molar-refractivity contribution < 1.29 is 0 Å². The second kappa shape index (κ2) is 9.32. The van der Waals surface area contributed by atoms with Crippen molar-refractivity contribution in [2.75, 3.05) is 6.54 Å². The van der Waals surface area contributed by atoms with E-state index >= 15 is 0 Å². The van der Waals surface area contributed by atoms with Crippen LogP contribution in [0.25, 0.3) is 0 Å². The molecule has 0 aromatic heterocycles. The molecule has 1 unspecified atom stereocenters. The fourth-order valence-electron chi connectivity index (χ4n) is 0.750. The molecule has 72 valence electrons. The molecule has 0 saturated carbocycles. The molecular weight excluding hydrogens is 234 g/mol. The van der Waals surface area contributed by atoms with E-state index < -0.39 is 14.7 Å². The number of rotatable bonds is 4. The molecule has 0 aromatic rings. The van der Waals surface area contributed by atoms with E-state index in [2.05, 4.69) is 34.3 Å². The number of hydrogen-bond donors (Lipinski definition) is 0. The van der Waals surface area contributed by atoms with E-state index in [0.717, 1.165) is 13.0 Å². The molecule has 1 atom stereocenters. The standard InChI is InChI=1S/C8H17AsN2.ClH/c1-5-8(9(3)4)11-7-10-6-2;/h8H,5-6H2,1-4H3;1H. The minimum absolute atomic E-state index is 0. The van der Waals surface area contributed by atoms with Crippen LogP contribution < -0.4 is 0 Å². The largest absolute Gasteiger partial charge is 0.147 e. The number of aliphatic imine (C=N–C) groups is 2.